The number of ether oxygens (including phenoxy) is 1. The Labute approximate surface area is 198 Å². The molecule has 0 aliphatic rings. The van der Waals surface area contributed by atoms with Crippen molar-refractivity contribution in [1.29, 1.82) is 5.26 Å². The van der Waals surface area contributed by atoms with E-state index < -0.39 is 15.8 Å². The fourth-order valence-electron chi connectivity index (χ4n) is 3.38. The molecule has 0 radical (unpaired) electrons. The van der Waals surface area contributed by atoms with E-state index >= 15 is 0 Å². The molecule has 0 aromatic heterocycles. The Morgan fingerprint density at radius 2 is 1.53 bits per heavy atom. The topological polar surface area (TPSA) is 84.2 Å². The quantitative estimate of drug-likeness (QED) is 0.262. The van der Waals surface area contributed by atoms with Gasteiger partial charge in [0.15, 0.2) is 9.84 Å². The van der Waals surface area contributed by atoms with Gasteiger partial charge >= 0.3 is 5.97 Å². The van der Waals surface area contributed by atoms with Gasteiger partial charge in [-0.2, -0.15) is 5.26 Å². The Morgan fingerprint density at radius 1 is 0.824 bits per heavy atom. The molecule has 0 bridgehead atoms. The average molecular weight is 466 g/mol. The van der Waals surface area contributed by atoms with Crippen molar-refractivity contribution in [1.82, 2.24) is 0 Å². The van der Waals surface area contributed by atoms with E-state index in [1.165, 1.54) is 11.5 Å². The van der Waals surface area contributed by atoms with Crippen LogP contribution in [0.2, 0.25) is 0 Å². The molecule has 0 unspecified atom stereocenters. The molecule has 0 atom stereocenters. The number of nitriles is 1. The molecule has 5 nitrogen and oxygen atoms in total. The van der Waals surface area contributed by atoms with Gasteiger partial charge < -0.3 is 4.74 Å². The number of carbonyl (C=O) groups is 1. The van der Waals surface area contributed by atoms with Crippen molar-refractivity contribution in [3.05, 3.63) is 125 Å². The van der Waals surface area contributed by atoms with Gasteiger partial charge in [-0.25, -0.2) is 13.2 Å². The summed E-state index contributed by atoms with van der Waals surface area (Å²) in [6.45, 7) is 0. The summed E-state index contributed by atoms with van der Waals surface area (Å²) in [7, 11) is -3.58. The molecule has 6 heteroatoms. The third-order valence-electron chi connectivity index (χ3n) is 5.07. The van der Waals surface area contributed by atoms with Crippen LogP contribution in [0.4, 0.5) is 0 Å². The maximum atomic E-state index is 13.0. The summed E-state index contributed by atoms with van der Waals surface area (Å²) in [5.74, 6) is -0.404. The Bertz CT molecular complexity index is 1520. The SMILES string of the molecule is N#Cc1ccccc1OC(=O)c1ccccc1-c1cccc(/C=C/S(=O)(=O)c2ccccc2)c1. The predicted octanol–water partition coefficient (Wildman–Crippen LogP) is 5.89. The van der Waals surface area contributed by atoms with Crippen molar-refractivity contribution in [2.45, 2.75) is 4.90 Å². The second-order valence-electron chi connectivity index (χ2n) is 7.33. The number of benzene rings is 4. The lowest BCUT2D eigenvalue weighted by molar-refractivity contribution is 0.0735. The third kappa shape index (κ3) is 5.12. The maximum absolute atomic E-state index is 13.0. The van der Waals surface area contributed by atoms with Gasteiger partial charge in [-0.3, -0.25) is 0 Å². The number of esters is 1. The second kappa shape index (κ2) is 9.99. The number of hydrogen-bond acceptors (Lipinski definition) is 5. The summed E-state index contributed by atoms with van der Waals surface area (Å²) in [6.07, 6.45) is 1.52. The van der Waals surface area contributed by atoms with Crippen LogP contribution in [0.5, 0.6) is 5.75 Å². The highest BCUT2D eigenvalue weighted by molar-refractivity contribution is 7.94. The van der Waals surface area contributed by atoms with Crippen LogP contribution in [0.25, 0.3) is 17.2 Å². The van der Waals surface area contributed by atoms with Crippen LogP contribution in [0.15, 0.2) is 113 Å². The Hall–Kier alpha value is -4.47. The molecular weight excluding hydrogens is 446 g/mol. The first kappa shape index (κ1) is 22.7. The molecule has 4 rings (SSSR count). The number of para-hydroxylation sites is 1. The molecule has 0 aliphatic carbocycles. The second-order valence-corrected chi connectivity index (χ2v) is 9.16. The molecule has 0 heterocycles. The number of nitrogens with zero attached hydrogens (tertiary/aromatic N) is 1. The van der Waals surface area contributed by atoms with Gasteiger partial charge in [0, 0.05) is 5.41 Å². The van der Waals surface area contributed by atoms with E-state index in [4.69, 9.17) is 4.74 Å². The van der Waals surface area contributed by atoms with E-state index in [-0.39, 0.29) is 16.2 Å². The molecule has 166 valence electrons. The first-order chi connectivity index (χ1) is 16.5. The summed E-state index contributed by atoms with van der Waals surface area (Å²) in [5, 5.41) is 10.4. The zero-order chi connectivity index (χ0) is 24.0. The monoisotopic (exact) mass is 465 g/mol. The van der Waals surface area contributed by atoms with Crippen molar-refractivity contribution >= 4 is 21.9 Å². The van der Waals surface area contributed by atoms with E-state index in [1.54, 1.807) is 97.1 Å². The van der Waals surface area contributed by atoms with E-state index in [2.05, 4.69) is 0 Å². The molecule has 0 fully saturated rings. The van der Waals surface area contributed by atoms with Crippen LogP contribution in [0, 0.1) is 11.3 Å². The van der Waals surface area contributed by atoms with Gasteiger partial charge in [-0.05, 0) is 59.2 Å². The van der Waals surface area contributed by atoms with Crippen molar-refractivity contribution in [3.63, 3.8) is 0 Å². The average Bonchev–Trinajstić information content (AvgIpc) is 2.88. The number of rotatable bonds is 6. The fraction of sp³-hybridized carbons (Fsp3) is 0. The van der Waals surface area contributed by atoms with Gasteiger partial charge in [0.05, 0.1) is 16.0 Å². The molecule has 34 heavy (non-hydrogen) atoms. The Balaban J connectivity index is 1.64. The molecule has 0 aliphatic heterocycles. The molecule has 0 N–H and O–H groups in total. The molecule has 4 aromatic carbocycles. The van der Waals surface area contributed by atoms with Crippen LogP contribution in [-0.2, 0) is 9.84 Å². The van der Waals surface area contributed by atoms with Crippen LogP contribution < -0.4 is 4.74 Å². The molecule has 0 saturated carbocycles. The van der Waals surface area contributed by atoms with Crippen LogP contribution in [0.1, 0.15) is 21.5 Å². The first-order valence-electron chi connectivity index (χ1n) is 10.4. The summed E-state index contributed by atoms with van der Waals surface area (Å²) < 4.78 is 30.6. The van der Waals surface area contributed by atoms with Crippen molar-refractivity contribution < 1.29 is 17.9 Å². The van der Waals surface area contributed by atoms with Gasteiger partial charge in [0.25, 0.3) is 0 Å². The van der Waals surface area contributed by atoms with E-state index in [0.29, 0.717) is 16.7 Å². The largest absolute Gasteiger partial charge is 0.422 e. The zero-order valence-corrected chi connectivity index (χ0v) is 18.8. The molecule has 0 saturated heterocycles. The predicted molar refractivity (Wildman–Crippen MR) is 131 cm³/mol. The first-order valence-corrected chi connectivity index (χ1v) is 11.9. The normalized spacial score (nSPS) is 11.1. The smallest absolute Gasteiger partial charge is 0.344 e. The minimum atomic E-state index is -3.58. The lowest BCUT2D eigenvalue weighted by atomic mass is 9.98. The van der Waals surface area contributed by atoms with Crippen LogP contribution >= 0.6 is 0 Å². The van der Waals surface area contributed by atoms with E-state index in [1.807, 2.05) is 12.1 Å². The summed E-state index contributed by atoms with van der Waals surface area (Å²) >= 11 is 0. The molecule has 0 spiro atoms. The highest BCUT2D eigenvalue weighted by atomic mass is 32.2. The molecule has 4 aromatic rings. The number of sulfone groups is 1. The Morgan fingerprint density at radius 3 is 2.32 bits per heavy atom. The van der Waals surface area contributed by atoms with Gasteiger partial charge in [0.1, 0.15) is 11.8 Å². The third-order valence-corrected chi connectivity index (χ3v) is 6.49. The maximum Gasteiger partial charge on any atom is 0.344 e. The van der Waals surface area contributed by atoms with Crippen LogP contribution in [0.3, 0.4) is 0 Å². The highest BCUT2D eigenvalue weighted by Gasteiger charge is 2.16. The van der Waals surface area contributed by atoms with E-state index in [0.717, 1.165) is 5.56 Å². The lowest BCUT2D eigenvalue weighted by Gasteiger charge is -2.11. The summed E-state index contributed by atoms with van der Waals surface area (Å²) in [5.41, 5.74) is 2.60. The highest BCUT2D eigenvalue weighted by Crippen LogP contribution is 2.27. The van der Waals surface area contributed by atoms with Crippen molar-refractivity contribution in [2.75, 3.05) is 0 Å². The molecule has 0 amide bonds. The van der Waals surface area contributed by atoms with Gasteiger partial charge in [-0.15, -0.1) is 0 Å². The zero-order valence-electron chi connectivity index (χ0n) is 18.0. The minimum Gasteiger partial charge on any atom is -0.422 e. The summed E-state index contributed by atoms with van der Waals surface area (Å²) in [6, 6.07) is 30.9. The van der Waals surface area contributed by atoms with Crippen LogP contribution in [-0.4, -0.2) is 14.4 Å². The van der Waals surface area contributed by atoms with Crippen molar-refractivity contribution in [2.24, 2.45) is 0 Å². The summed E-state index contributed by atoms with van der Waals surface area (Å²) in [4.78, 5) is 13.2. The van der Waals surface area contributed by atoms with Gasteiger partial charge in [-0.1, -0.05) is 66.7 Å². The minimum absolute atomic E-state index is 0.188. The standard InChI is InChI=1S/C28H19NO4S/c29-20-23-10-4-7-16-27(23)33-28(30)26-15-6-5-14-25(26)22-11-8-9-21(19-22)17-18-34(31,32)24-12-2-1-3-13-24/h1-19H/b18-17+. The number of carbonyl (C=O) groups excluding carboxylic acids is 1. The van der Waals surface area contributed by atoms with Gasteiger partial charge in [0.2, 0.25) is 0 Å². The molecular formula is C28H19NO4S. The Kier molecular flexibility index (Phi) is 6.67. The fourth-order valence-corrected chi connectivity index (χ4v) is 4.41. The lowest BCUT2D eigenvalue weighted by Crippen LogP contribution is -2.10. The van der Waals surface area contributed by atoms with E-state index in [9.17, 15) is 18.5 Å². The number of hydrogen-bond donors (Lipinski definition) is 0. The van der Waals surface area contributed by atoms with Crippen molar-refractivity contribution in [3.8, 4) is 22.9 Å².